The summed E-state index contributed by atoms with van der Waals surface area (Å²) in [7, 11) is 0. The van der Waals surface area contributed by atoms with Crippen LogP contribution in [0.25, 0.3) is 11.1 Å². The van der Waals surface area contributed by atoms with Crippen LogP contribution < -0.4 is 4.74 Å². The first kappa shape index (κ1) is 17.9. The van der Waals surface area contributed by atoms with Gasteiger partial charge in [-0.3, -0.25) is 0 Å². The van der Waals surface area contributed by atoms with Crippen molar-refractivity contribution in [3.8, 4) is 16.9 Å². The maximum Gasteiger partial charge on any atom is 0.131 e. The van der Waals surface area contributed by atoms with E-state index in [4.69, 9.17) is 27.9 Å². The smallest absolute Gasteiger partial charge is 0.131 e. The Kier molecular flexibility index (Phi) is 5.24. The van der Waals surface area contributed by atoms with Crippen LogP contribution in [0, 0.1) is 5.82 Å². The molecule has 1 fully saturated rings. The highest BCUT2D eigenvalue weighted by Crippen LogP contribution is 2.44. The SMILES string of the molecule is Fc1cc2c(c(-c3c(Cl)cccc3Cl)c1)O[C@@H](CCCC=C1CC1)CC2. The topological polar surface area (TPSA) is 9.23 Å². The van der Waals surface area contributed by atoms with E-state index in [0.29, 0.717) is 21.2 Å². The number of allylic oxidation sites excluding steroid dienone is 2. The van der Waals surface area contributed by atoms with Crippen LogP contribution in [0.15, 0.2) is 42.0 Å². The number of rotatable bonds is 5. The molecule has 0 unspecified atom stereocenters. The van der Waals surface area contributed by atoms with Crippen molar-refractivity contribution in [2.24, 2.45) is 0 Å². The fourth-order valence-corrected chi connectivity index (χ4v) is 4.19. The molecule has 0 spiro atoms. The van der Waals surface area contributed by atoms with Crippen molar-refractivity contribution in [2.75, 3.05) is 0 Å². The van der Waals surface area contributed by atoms with Gasteiger partial charge in [0.1, 0.15) is 11.6 Å². The van der Waals surface area contributed by atoms with Crippen molar-refractivity contribution in [3.05, 3.63) is 63.4 Å². The molecule has 2 aromatic rings. The van der Waals surface area contributed by atoms with Gasteiger partial charge in [0.15, 0.2) is 0 Å². The molecule has 2 aromatic carbocycles. The third kappa shape index (κ3) is 3.92. The minimum Gasteiger partial charge on any atom is -0.489 e. The molecular weight excluding hydrogens is 370 g/mol. The summed E-state index contributed by atoms with van der Waals surface area (Å²) in [4.78, 5) is 0. The normalized spacial score (nSPS) is 18.3. The highest BCUT2D eigenvalue weighted by Gasteiger charge is 2.25. The predicted molar refractivity (Wildman–Crippen MR) is 106 cm³/mol. The summed E-state index contributed by atoms with van der Waals surface area (Å²) in [5, 5.41) is 1.01. The number of ether oxygens (including phenoxy) is 1. The van der Waals surface area contributed by atoms with E-state index in [1.165, 1.54) is 18.9 Å². The van der Waals surface area contributed by atoms with Crippen LogP contribution in [0.4, 0.5) is 4.39 Å². The van der Waals surface area contributed by atoms with Crippen LogP contribution in [0.5, 0.6) is 5.75 Å². The Morgan fingerprint density at radius 3 is 2.62 bits per heavy atom. The number of aryl methyl sites for hydroxylation is 1. The Labute approximate surface area is 163 Å². The molecule has 1 aliphatic heterocycles. The number of benzene rings is 2. The molecule has 0 radical (unpaired) electrons. The molecule has 1 saturated carbocycles. The van der Waals surface area contributed by atoms with Crippen LogP contribution >= 0.6 is 23.2 Å². The van der Waals surface area contributed by atoms with Gasteiger partial charge in [-0.05, 0) is 74.8 Å². The van der Waals surface area contributed by atoms with Crippen molar-refractivity contribution in [3.63, 3.8) is 0 Å². The number of unbranched alkanes of at least 4 members (excludes halogenated alkanes) is 1. The molecule has 136 valence electrons. The molecule has 26 heavy (non-hydrogen) atoms. The first-order valence-electron chi connectivity index (χ1n) is 9.23. The largest absolute Gasteiger partial charge is 0.489 e. The van der Waals surface area contributed by atoms with Gasteiger partial charge >= 0.3 is 0 Å². The van der Waals surface area contributed by atoms with Crippen molar-refractivity contribution in [2.45, 2.75) is 51.0 Å². The van der Waals surface area contributed by atoms with Crippen molar-refractivity contribution in [1.29, 1.82) is 0 Å². The summed E-state index contributed by atoms with van der Waals surface area (Å²) in [5.74, 6) is 0.450. The standard InChI is InChI=1S/C22H21Cl2FO/c23-19-6-3-7-20(24)21(19)18-13-16(25)12-15-10-11-17(26-22(15)18)5-2-1-4-14-8-9-14/h3-4,6-7,12-13,17H,1-2,5,8-11H2/t17-/m0/s1. The molecule has 4 heteroatoms. The molecule has 0 N–H and O–H groups in total. The van der Waals surface area contributed by atoms with Gasteiger partial charge in [0.2, 0.25) is 0 Å². The second-order valence-electron chi connectivity index (χ2n) is 7.11. The number of halogens is 3. The Morgan fingerprint density at radius 2 is 1.88 bits per heavy atom. The second-order valence-corrected chi connectivity index (χ2v) is 7.92. The lowest BCUT2D eigenvalue weighted by molar-refractivity contribution is 0.162. The maximum atomic E-state index is 14.2. The zero-order valence-corrected chi connectivity index (χ0v) is 16.0. The zero-order chi connectivity index (χ0) is 18.1. The third-order valence-electron chi connectivity index (χ3n) is 5.08. The monoisotopic (exact) mass is 390 g/mol. The average molecular weight is 391 g/mol. The molecule has 1 atom stereocenters. The first-order valence-corrected chi connectivity index (χ1v) is 9.99. The number of fused-ring (bicyclic) bond motifs is 1. The van der Waals surface area contributed by atoms with E-state index in [0.717, 1.165) is 43.4 Å². The molecule has 1 nitrogen and oxygen atoms in total. The summed E-state index contributed by atoms with van der Waals surface area (Å²) in [5.41, 5.74) is 3.78. The molecule has 4 rings (SSSR count). The molecule has 1 aliphatic carbocycles. The molecular formula is C22H21Cl2FO. The minimum atomic E-state index is -0.284. The van der Waals surface area contributed by atoms with Gasteiger partial charge in [-0.2, -0.15) is 0 Å². The number of hydrogen-bond donors (Lipinski definition) is 0. The van der Waals surface area contributed by atoms with Crippen molar-refractivity contribution >= 4 is 23.2 Å². The van der Waals surface area contributed by atoms with E-state index >= 15 is 0 Å². The van der Waals surface area contributed by atoms with E-state index in [1.54, 1.807) is 29.8 Å². The van der Waals surface area contributed by atoms with Gasteiger partial charge < -0.3 is 4.74 Å². The highest BCUT2D eigenvalue weighted by molar-refractivity contribution is 6.39. The summed E-state index contributed by atoms with van der Waals surface area (Å²) in [6.07, 6.45) is 10.1. The minimum absolute atomic E-state index is 0.158. The van der Waals surface area contributed by atoms with E-state index < -0.39 is 0 Å². The van der Waals surface area contributed by atoms with Crippen molar-refractivity contribution in [1.82, 2.24) is 0 Å². The molecule has 1 heterocycles. The lowest BCUT2D eigenvalue weighted by atomic mass is 9.94. The summed E-state index contributed by atoms with van der Waals surface area (Å²) < 4.78 is 20.5. The lowest BCUT2D eigenvalue weighted by Crippen LogP contribution is -2.23. The Balaban J connectivity index is 1.59. The quantitative estimate of drug-likeness (QED) is 0.382. The van der Waals surface area contributed by atoms with Crippen LogP contribution in [-0.2, 0) is 6.42 Å². The van der Waals surface area contributed by atoms with Gasteiger partial charge in [0.05, 0.1) is 16.1 Å². The summed E-state index contributed by atoms with van der Waals surface area (Å²) in [6.45, 7) is 0. The Bertz CT molecular complexity index is 833. The lowest BCUT2D eigenvalue weighted by Gasteiger charge is -2.28. The molecule has 0 aromatic heterocycles. The fraction of sp³-hybridized carbons (Fsp3) is 0.364. The summed E-state index contributed by atoms with van der Waals surface area (Å²) in [6, 6.07) is 8.37. The number of hydrogen-bond acceptors (Lipinski definition) is 1. The third-order valence-corrected chi connectivity index (χ3v) is 5.71. The molecule has 0 amide bonds. The molecule has 0 bridgehead atoms. The summed E-state index contributed by atoms with van der Waals surface area (Å²) >= 11 is 12.7. The fourth-order valence-electron chi connectivity index (χ4n) is 3.59. The highest BCUT2D eigenvalue weighted by atomic mass is 35.5. The van der Waals surface area contributed by atoms with E-state index in [1.807, 2.05) is 0 Å². The molecule has 2 aliphatic rings. The van der Waals surface area contributed by atoms with Gasteiger partial charge in [-0.1, -0.05) is 40.9 Å². The van der Waals surface area contributed by atoms with Crippen LogP contribution in [0.3, 0.4) is 0 Å². The Hall–Kier alpha value is -1.51. The van der Waals surface area contributed by atoms with Gasteiger partial charge in [0, 0.05) is 11.1 Å². The van der Waals surface area contributed by atoms with E-state index in [9.17, 15) is 4.39 Å². The van der Waals surface area contributed by atoms with E-state index in [-0.39, 0.29) is 11.9 Å². The van der Waals surface area contributed by atoms with E-state index in [2.05, 4.69) is 6.08 Å². The van der Waals surface area contributed by atoms with Gasteiger partial charge in [0.25, 0.3) is 0 Å². The van der Waals surface area contributed by atoms with Crippen LogP contribution in [-0.4, -0.2) is 6.10 Å². The maximum absolute atomic E-state index is 14.2. The second kappa shape index (κ2) is 7.62. The zero-order valence-electron chi connectivity index (χ0n) is 14.5. The average Bonchev–Trinajstić information content (AvgIpc) is 3.43. The Morgan fingerprint density at radius 1 is 1.12 bits per heavy atom. The van der Waals surface area contributed by atoms with Crippen LogP contribution in [0.2, 0.25) is 10.0 Å². The van der Waals surface area contributed by atoms with Gasteiger partial charge in [-0.25, -0.2) is 4.39 Å². The predicted octanol–water partition coefficient (Wildman–Crippen LogP) is 7.38. The first-order chi connectivity index (χ1) is 12.6. The van der Waals surface area contributed by atoms with Gasteiger partial charge in [-0.15, -0.1) is 0 Å². The van der Waals surface area contributed by atoms with Crippen molar-refractivity contribution < 1.29 is 9.13 Å². The molecule has 0 saturated heterocycles. The van der Waals surface area contributed by atoms with Crippen LogP contribution in [0.1, 0.15) is 44.1 Å².